The van der Waals surface area contributed by atoms with E-state index in [-0.39, 0.29) is 24.2 Å². The molecule has 1 saturated heterocycles. The van der Waals surface area contributed by atoms with Crippen LogP contribution in [0.3, 0.4) is 0 Å². The fourth-order valence-electron chi connectivity index (χ4n) is 4.46. The molecule has 6 heteroatoms. The lowest BCUT2D eigenvalue weighted by Crippen LogP contribution is -2.47. The van der Waals surface area contributed by atoms with E-state index in [0.717, 1.165) is 75.6 Å². The van der Waals surface area contributed by atoms with Gasteiger partial charge < -0.3 is 10.2 Å². The van der Waals surface area contributed by atoms with Crippen molar-refractivity contribution < 1.29 is 9.59 Å². The maximum Gasteiger partial charge on any atom is 0.234 e. The number of benzene rings is 1. The highest BCUT2D eigenvalue weighted by molar-refractivity contribution is 5.95. The summed E-state index contributed by atoms with van der Waals surface area (Å²) < 4.78 is 0. The van der Waals surface area contributed by atoms with Crippen LogP contribution < -0.4 is 10.2 Å². The summed E-state index contributed by atoms with van der Waals surface area (Å²) in [7, 11) is 0. The quantitative estimate of drug-likeness (QED) is 0.717. The summed E-state index contributed by atoms with van der Waals surface area (Å²) in [6, 6.07) is 10.1. The Morgan fingerprint density at radius 1 is 1.14 bits per heavy atom. The first kappa shape index (κ1) is 21.3. The van der Waals surface area contributed by atoms with Crippen molar-refractivity contribution in [3.8, 4) is 6.07 Å². The number of carbonyl (C=O) groups excluding carboxylic acids is 2. The van der Waals surface area contributed by atoms with Crippen LogP contribution in [-0.2, 0) is 4.79 Å². The summed E-state index contributed by atoms with van der Waals surface area (Å²) >= 11 is 0. The number of nitrogens with one attached hydrogen (secondary N) is 1. The Bertz CT molecular complexity index is 741. The van der Waals surface area contributed by atoms with Crippen LogP contribution in [0.25, 0.3) is 0 Å². The van der Waals surface area contributed by atoms with Crippen molar-refractivity contribution in [3.05, 3.63) is 29.8 Å². The standard InChI is InChI=1S/C23H32N4O2/c1-18(28)20-3-2-4-22(17-20)27-15-13-26(14-16-27)12-10-19-5-7-21(8-6-19)25-23(29)9-11-24/h2-4,17,19,21H,5-10,12-16H2,1H3,(H,25,29). The van der Waals surface area contributed by atoms with E-state index >= 15 is 0 Å². The minimum atomic E-state index is -0.136. The zero-order valence-electron chi connectivity index (χ0n) is 17.4. The maximum atomic E-state index is 11.6. The molecule has 2 aliphatic rings. The number of rotatable bonds is 7. The van der Waals surface area contributed by atoms with E-state index in [0.29, 0.717) is 0 Å². The van der Waals surface area contributed by atoms with Gasteiger partial charge in [0.2, 0.25) is 5.91 Å². The second kappa shape index (κ2) is 10.4. The summed E-state index contributed by atoms with van der Waals surface area (Å²) in [4.78, 5) is 28.1. The number of carbonyl (C=O) groups is 2. The lowest BCUT2D eigenvalue weighted by molar-refractivity contribution is -0.121. The minimum absolute atomic E-state index is 0.0368. The van der Waals surface area contributed by atoms with Gasteiger partial charge in [0.25, 0.3) is 0 Å². The molecule has 1 aliphatic heterocycles. The second-order valence-corrected chi connectivity index (χ2v) is 8.34. The molecule has 29 heavy (non-hydrogen) atoms. The molecule has 1 saturated carbocycles. The molecule has 1 aromatic carbocycles. The number of anilines is 1. The van der Waals surface area contributed by atoms with E-state index in [4.69, 9.17) is 5.26 Å². The number of Topliss-reactive ketones (excluding diaryl/α,β-unsaturated/α-hetero) is 1. The second-order valence-electron chi connectivity index (χ2n) is 8.34. The number of amides is 1. The largest absolute Gasteiger partial charge is 0.369 e. The Morgan fingerprint density at radius 2 is 1.86 bits per heavy atom. The molecule has 0 spiro atoms. The third-order valence-corrected chi connectivity index (χ3v) is 6.30. The van der Waals surface area contributed by atoms with Gasteiger partial charge in [-0.05, 0) is 63.6 Å². The monoisotopic (exact) mass is 396 g/mol. The average molecular weight is 397 g/mol. The zero-order valence-corrected chi connectivity index (χ0v) is 17.4. The summed E-state index contributed by atoms with van der Waals surface area (Å²) in [5.74, 6) is 0.719. The van der Waals surface area contributed by atoms with Crippen molar-refractivity contribution in [2.45, 2.75) is 51.5 Å². The van der Waals surface area contributed by atoms with Gasteiger partial charge in [0.1, 0.15) is 6.42 Å². The first-order valence-corrected chi connectivity index (χ1v) is 10.8. The molecule has 3 rings (SSSR count). The van der Waals surface area contributed by atoms with Crippen LogP contribution in [0.1, 0.15) is 55.8 Å². The van der Waals surface area contributed by atoms with Gasteiger partial charge in [0, 0.05) is 43.5 Å². The van der Waals surface area contributed by atoms with Gasteiger partial charge >= 0.3 is 0 Å². The molecule has 1 aliphatic carbocycles. The molecule has 1 amide bonds. The number of nitriles is 1. The summed E-state index contributed by atoms with van der Waals surface area (Å²) in [6.07, 6.45) is 5.57. The van der Waals surface area contributed by atoms with Crippen molar-refractivity contribution in [2.75, 3.05) is 37.6 Å². The number of nitrogens with zero attached hydrogens (tertiary/aromatic N) is 3. The van der Waals surface area contributed by atoms with E-state index in [2.05, 4.69) is 21.2 Å². The number of hydrogen-bond acceptors (Lipinski definition) is 5. The maximum absolute atomic E-state index is 11.6. The average Bonchev–Trinajstić information content (AvgIpc) is 2.74. The predicted molar refractivity (Wildman–Crippen MR) is 114 cm³/mol. The Kier molecular flexibility index (Phi) is 7.65. The Hall–Kier alpha value is -2.39. The summed E-state index contributed by atoms with van der Waals surface area (Å²) in [6.45, 7) is 6.87. The van der Waals surface area contributed by atoms with E-state index < -0.39 is 0 Å². The third-order valence-electron chi connectivity index (χ3n) is 6.30. The fourth-order valence-corrected chi connectivity index (χ4v) is 4.46. The van der Waals surface area contributed by atoms with Crippen molar-refractivity contribution in [1.29, 1.82) is 5.26 Å². The summed E-state index contributed by atoms with van der Waals surface area (Å²) in [5.41, 5.74) is 1.93. The molecular weight excluding hydrogens is 364 g/mol. The smallest absolute Gasteiger partial charge is 0.234 e. The molecule has 0 aromatic heterocycles. The van der Waals surface area contributed by atoms with Crippen LogP contribution in [0, 0.1) is 17.2 Å². The fraction of sp³-hybridized carbons (Fsp3) is 0.609. The van der Waals surface area contributed by atoms with Crippen LogP contribution in [0.4, 0.5) is 5.69 Å². The lowest BCUT2D eigenvalue weighted by atomic mass is 9.84. The molecule has 6 nitrogen and oxygen atoms in total. The Balaban J connectivity index is 1.36. The zero-order chi connectivity index (χ0) is 20.6. The van der Waals surface area contributed by atoms with Gasteiger partial charge in [-0.1, -0.05) is 12.1 Å². The van der Waals surface area contributed by atoms with Crippen molar-refractivity contribution in [1.82, 2.24) is 10.2 Å². The van der Waals surface area contributed by atoms with Gasteiger partial charge in [-0.25, -0.2) is 0 Å². The van der Waals surface area contributed by atoms with E-state index in [1.165, 1.54) is 6.42 Å². The van der Waals surface area contributed by atoms with Crippen LogP contribution in [0.2, 0.25) is 0 Å². The third kappa shape index (κ3) is 6.30. The molecular formula is C23H32N4O2. The number of piperazine rings is 1. The first-order chi connectivity index (χ1) is 14.0. The molecule has 1 heterocycles. The van der Waals surface area contributed by atoms with E-state index in [1.54, 1.807) is 6.92 Å². The van der Waals surface area contributed by atoms with Crippen LogP contribution in [-0.4, -0.2) is 55.4 Å². The first-order valence-electron chi connectivity index (χ1n) is 10.8. The SMILES string of the molecule is CC(=O)c1cccc(N2CCN(CCC3CCC(NC(=O)CC#N)CC3)CC2)c1. The van der Waals surface area contributed by atoms with Crippen molar-refractivity contribution >= 4 is 17.4 Å². The van der Waals surface area contributed by atoms with Crippen LogP contribution in [0.5, 0.6) is 0 Å². The summed E-state index contributed by atoms with van der Waals surface area (Å²) in [5, 5.41) is 11.6. The highest BCUT2D eigenvalue weighted by Crippen LogP contribution is 2.27. The highest BCUT2D eigenvalue weighted by atomic mass is 16.1. The van der Waals surface area contributed by atoms with Crippen molar-refractivity contribution in [3.63, 3.8) is 0 Å². The van der Waals surface area contributed by atoms with Gasteiger partial charge in [-0.15, -0.1) is 0 Å². The highest BCUT2D eigenvalue weighted by Gasteiger charge is 2.24. The van der Waals surface area contributed by atoms with Gasteiger partial charge in [0.05, 0.1) is 6.07 Å². The molecule has 0 radical (unpaired) electrons. The molecule has 2 fully saturated rings. The van der Waals surface area contributed by atoms with Crippen molar-refractivity contribution in [2.24, 2.45) is 5.92 Å². The topological polar surface area (TPSA) is 76.4 Å². The minimum Gasteiger partial charge on any atom is -0.369 e. The van der Waals surface area contributed by atoms with Crippen LogP contribution in [0.15, 0.2) is 24.3 Å². The molecule has 156 valence electrons. The van der Waals surface area contributed by atoms with Crippen LogP contribution >= 0.6 is 0 Å². The molecule has 0 unspecified atom stereocenters. The lowest BCUT2D eigenvalue weighted by Gasteiger charge is -2.37. The molecule has 0 bridgehead atoms. The normalized spacial score (nSPS) is 22.7. The Morgan fingerprint density at radius 3 is 2.52 bits per heavy atom. The van der Waals surface area contributed by atoms with Gasteiger partial charge in [-0.3, -0.25) is 14.5 Å². The van der Waals surface area contributed by atoms with E-state index in [1.807, 2.05) is 24.3 Å². The molecule has 1 N–H and O–H groups in total. The van der Waals surface area contributed by atoms with Gasteiger partial charge in [-0.2, -0.15) is 5.26 Å². The predicted octanol–water partition coefficient (Wildman–Crippen LogP) is 2.99. The van der Waals surface area contributed by atoms with E-state index in [9.17, 15) is 9.59 Å². The molecule has 0 atom stereocenters. The Labute approximate surface area is 173 Å². The molecule has 1 aromatic rings. The number of hydrogen-bond donors (Lipinski definition) is 1. The number of ketones is 1. The van der Waals surface area contributed by atoms with Gasteiger partial charge in [0.15, 0.2) is 5.78 Å².